The molecule has 0 spiro atoms. The van der Waals surface area contributed by atoms with E-state index in [0.29, 0.717) is 18.8 Å². The SMILES string of the molecule is CCCCCCOc1cc(N(CC)CC)ccc1C1(c2c(C)n(CC)c3ccccc23)N=CC=C2C(=O)OCC21. The lowest BCUT2D eigenvalue weighted by molar-refractivity contribution is -0.135. The summed E-state index contributed by atoms with van der Waals surface area (Å²) in [6, 6.07) is 15.1. The fourth-order valence-electron chi connectivity index (χ4n) is 6.72. The number of esters is 1. The van der Waals surface area contributed by atoms with Gasteiger partial charge in [-0.25, -0.2) is 4.79 Å². The van der Waals surface area contributed by atoms with Crippen LogP contribution in [-0.2, 0) is 21.6 Å². The zero-order valence-electron chi connectivity index (χ0n) is 24.7. The molecule has 2 atom stereocenters. The van der Waals surface area contributed by atoms with Gasteiger partial charge in [-0.1, -0.05) is 50.5 Å². The number of nitrogens with zero attached hydrogens (tertiary/aromatic N) is 3. The zero-order chi connectivity index (χ0) is 28.3. The Labute approximate surface area is 238 Å². The molecule has 1 fully saturated rings. The highest BCUT2D eigenvalue weighted by atomic mass is 16.5. The highest BCUT2D eigenvalue weighted by molar-refractivity contribution is 5.99. The molecule has 0 aliphatic carbocycles. The maximum atomic E-state index is 13.0. The summed E-state index contributed by atoms with van der Waals surface area (Å²) in [6.45, 7) is 14.5. The lowest BCUT2D eigenvalue weighted by Gasteiger charge is -2.39. The Morgan fingerprint density at radius 1 is 1.07 bits per heavy atom. The van der Waals surface area contributed by atoms with E-state index < -0.39 is 5.54 Å². The Bertz CT molecular complexity index is 1430. The Hall–Kier alpha value is -3.54. The molecule has 6 heteroatoms. The minimum atomic E-state index is -0.860. The third kappa shape index (κ3) is 4.61. The van der Waals surface area contributed by atoms with Crippen LogP contribution in [0.25, 0.3) is 10.9 Å². The molecular weight excluding hydrogens is 498 g/mol. The van der Waals surface area contributed by atoms with Crippen LogP contribution >= 0.6 is 0 Å². The molecule has 0 saturated carbocycles. The fourth-order valence-corrected chi connectivity index (χ4v) is 6.72. The van der Waals surface area contributed by atoms with Gasteiger partial charge in [-0.2, -0.15) is 0 Å². The first-order chi connectivity index (χ1) is 19.5. The van der Waals surface area contributed by atoms with Crippen LogP contribution in [0.4, 0.5) is 5.69 Å². The monoisotopic (exact) mass is 541 g/mol. The number of hydrogen-bond donors (Lipinski definition) is 0. The molecule has 2 aromatic carbocycles. The Kier molecular flexibility index (Phi) is 8.34. The van der Waals surface area contributed by atoms with Crippen molar-refractivity contribution < 1.29 is 14.3 Å². The van der Waals surface area contributed by atoms with Crippen molar-refractivity contribution in [2.75, 3.05) is 31.2 Å². The molecule has 0 N–H and O–H groups in total. The van der Waals surface area contributed by atoms with Gasteiger partial charge in [0.25, 0.3) is 0 Å². The lowest BCUT2D eigenvalue weighted by atomic mass is 9.69. The standard InChI is InChI=1S/C34H43N3O3/c1-6-10-11-14-21-39-31-22-25(36(7-2)8-3)17-18-28(31)34(29-23-40-33(38)26(29)19-20-35-34)32-24(5)37(9-4)30-16-13-12-15-27(30)32/h12-13,15-20,22,29H,6-11,14,21,23H2,1-5H3. The van der Waals surface area contributed by atoms with E-state index in [0.717, 1.165) is 66.1 Å². The van der Waals surface area contributed by atoms with Crippen molar-refractivity contribution in [1.29, 1.82) is 0 Å². The van der Waals surface area contributed by atoms with Gasteiger partial charge in [-0.05, 0) is 52.3 Å². The number of carbonyl (C=O) groups is 1. The van der Waals surface area contributed by atoms with Crippen LogP contribution in [0.5, 0.6) is 5.75 Å². The summed E-state index contributed by atoms with van der Waals surface area (Å²) in [5, 5.41) is 1.15. The summed E-state index contributed by atoms with van der Waals surface area (Å²) < 4.78 is 14.7. The first kappa shape index (κ1) is 28.0. The first-order valence-corrected chi connectivity index (χ1v) is 15.0. The number of aromatic nitrogens is 1. The van der Waals surface area contributed by atoms with Gasteiger partial charge in [0.2, 0.25) is 0 Å². The number of anilines is 1. The minimum Gasteiger partial charge on any atom is -0.493 e. The second-order valence-electron chi connectivity index (χ2n) is 10.8. The molecule has 2 unspecified atom stereocenters. The van der Waals surface area contributed by atoms with E-state index in [1.165, 1.54) is 18.4 Å². The number of hydrogen-bond acceptors (Lipinski definition) is 5. The smallest absolute Gasteiger partial charge is 0.334 e. The topological polar surface area (TPSA) is 56.1 Å². The van der Waals surface area contributed by atoms with Crippen LogP contribution in [0.15, 0.2) is 59.1 Å². The van der Waals surface area contributed by atoms with Crippen molar-refractivity contribution in [2.24, 2.45) is 10.9 Å². The quantitative estimate of drug-likeness (QED) is 0.180. The number of allylic oxidation sites excluding steroid dienone is 1. The predicted octanol–water partition coefficient (Wildman–Crippen LogP) is 7.20. The molecule has 6 nitrogen and oxygen atoms in total. The summed E-state index contributed by atoms with van der Waals surface area (Å²) in [4.78, 5) is 20.6. The number of carbonyl (C=O) groups excluding carboxylic acids is 1. The number of aliphatic imine (C=N–C) groups is 1. The van der Waals surface area contributed by atoms with Crippen molar-refractivity contribution >= 4 is 28.8 Å². The minimum absolute atomic E-state index is 0.249. The first-order valence-electron chi connectivity index (χ1n) is 15.0. The van der Waals surface area contributed by atoms with Crippen molar-refractivity contribution in [2.45, 2.75) is 72.4 Å². The van der Waals surface area contributed by atoms with Gasteiger partial charge >= 0.3 is 5.97 Å². The second kappa shape index (κ2) is 11.9. The van der Waals surface area contributed by atoms with Gasteiger partial charge in [-0.15, -0.1) is 0 Å². The summed E-state index contributed by atoms with van der Waals surface area (Å²) in [5.74, 6) is 0.340. The Balaban J connectivity index is 1.76. The third-order valence-electron chi connectivity index (χ3n) is 8.72. The third-order valence-corrected chi connectivity index (χ3v) is 8.72. The van der Waals surface area contributed by atoms with E-state index in [1.807, 2.05) is 6.08 Å². The summed E-state index contributed by atoms with van der Waals surface area (Å²) >= 11 is 0. The molecule has 212 valence electrons. The largest absolute Gasteiger partial charge is 0.493 e. The molecule has 2 aliphatic heterocycles. The molecule has 2 aliphatic rings. The predicted molar refractivity (Wildman–Crippen MR) is 164 cm³/mol. The molecule has 1 aromatic heterocycles. The van der Waals surface area contributed by atoms with Crippen LogP contribution < -0.4 is 9.64 Å². The maximum absolute atomic E-state index is 13.0. The van der Waals surface area contributed by atoms with Gasteiger partial charge in [0.05, 0.1) is 12.5 Å². The number of para-hydroxylation sites is 1. The summed E-state index contributed by atoms with van der Waals surface area (Å²) in [5.41, 5.74) is 5.41. The second-order valence-corrected chi connectivity index (χ2v) is 10.8. The molecule has 5 rings (SSSR count). The average Bonchev–Trinajstić information content (AvgIpc) is 3.50. The van der Waals surface area contributed by atoms with Gasteiger partial charge < -0.3 is 18.9 Å². The Morgan fingerprint density at radius 2 is 1.88 bits per heavy atom. The normalized spacial score (nSPS) is 20.0. The highest BCUT2D eigenvalue weighted by Crippen LogP contribution is 2.54. The molecule has 0 amide bonds. The van der Waals surface area contributed by atoms with Gasteiger partial charge in [0, 0.05) is 70.9 Å². The van der Waals surface area contributed by atoms with Crippen molar-refractivity contribution in [3.05, 3.63) is 70.9 Å². The van der Waals surface area contributed by atoms with Crippen molar-refractivity contribution in [3.63, 3.8) is 0 Å². The maximum Gasteiger partial charge on any atom is 0.334 e. The Morgan fingerprint density at radius 3 is 2.62 bits per heavy atom. The van der Waals surface area contributed by atoms with Gasteiger partial charge in [0.1, 0.15) is 17.9 Å². The van der Waals surface area contributed by atoms with E-state index >= 15 is 0 Å². The summed E-state index contributed by atoms with van der Waals surface area (Å²) in [6.07, 6.45) is 8.18. The molecule has 3 heterocycles. The van der Waals surface area contributed by atoms with Crippen LogP contribution in [0, 0.1) is 12.8 Å². The van der Waals surface area contributed by atoms with E-state index in [-0.39, 0.29) is 11.9 Å². The number of dihydropyridines is 1. The van der Waals surface area contributed by atoms with Crippen LogP contribution in [0.2, 0.25) is 0 Å². The molecule has 1 saturated heterocycles. The highest BCUT2D eigenvalue weighted by Gasteiger charge is 2.53. The zero-order valence-corrected chi connectivity index (χ0v) is 24.7. The van der Waals surface area contributed by atoms with E-state index in [4.69, 9.17) is 14.5 Å². The average molecular weight is 542 g/mol. The number of unbranched alkanes of at least 4 members (excludes halogenated alkanes) is 3. The van der Waals surface area contributed by atoms with Gasteiger partial charge in [-0.3, -0.25) is 4.99 Å². The number of ether oxygens (including phenoxy) is 2. The van der Waals surface area contributed by atoms with Crippen molar-refractivity contribution in [1.82, 2.24) is 4.57 Å². The van der Waals surface area contributed by atoms with E-state index in [2.05, 4.69) is 86.6 Å². The number of rotatable bonds is 12. The molecule has 40 heavy (non-hydrogen) atoms. The number of aryl methyl sites for hydroxylation is 1. The molecule has 3 aromatic rings. The number of fused-ring (bicyclic) bond motifs is 2. The van der Waals surface area contributed by atoms with Crippen LogP contribution in [0.3, 0.4) is 0 Å². The number of cyclic esters (lactones) is 1. The fraction of sp³-hybridized carbons (Fsp3) is 0.471. The molecular formula is C34H43N3O3. The van der Waals surface area contributed by atoms with Crippen LogP contribution in [0.1, 0.15) is 70.2 Å². The number of benzene rings is 2. The molecule has 0 radical (unpaired) electrons. The van der Waals surface area contributed by atoms with E-state index in [9.17, 15) is 4.79 Å². The van der Waals surface area contributed by atoms with Gasteiger partial charge in [0.15, 0.2) is 0 Å². The lowest BCUT2D eigenvalue weighted by Crippen LogP contribution is -2.39. The molecule has 0 bridgehead atoms. The van der Waals surface area contributed by atoms with Crippen molar-refractivity contribution in [3.8, 4) is 5.75 Å². The van der Waals surface area contributed by atoms with Crippen LogP contribution in [-0.4, -0.2) is 43.1 Å². The van der Waals surface area contributed by atoms with E-state index in [1.54, 1.807) is 6.21 Å². The summed E-state index contributed by atoms with van der Waals surface area (Å²) in [7, 11) is 0.